The molecule has 3 aromatic heterocycles. The fraction of sp³-hybridized carbons (Fsp3) is 0.188. The van der Waals surface area contributed by atoms with Crippen LogP contribution >= 0.6 is 11.3 Å². The molecule has 7 rings (SSSR count). The van der Waals surface area contributed by atoms with Crippen LogP contribution in [0.5, 0.6) is 5.88 Å². The van der Waals surface area contributed by atoms with E-state index in [1.54, 1.807) is 30.3 Å². The number of hydrogen-bond acceptors (Lipinski definition) is 7. The Morgan fingerprint density at radius 2 is 1.86 bits per heavy atom. The number of imidazole rings is 1. The zero-order valence-electron chi connectivity index (χ0n) is 22.7. The largest absolute Gasteiger partial charge is 0.478 e. The third-order valence-electron chi connectivity index (χ3n) is 7.42. The molecule has 0 spiro atoms. The van der Waals surface area contributed by atoms with Gasteiger partial charge in [0, 0.05) is 24.7 Å². The molecule has 1 aliphatic heterocycles. The Kier molecular flexibility index (Phi) is 7.04. The number of thiazole rings is 1. The van der Waals surface area contributed by atoms with Gasteiger partial charge in [0.25, 0.3) is 0 Å². The fourth-order valence-electron chi connectivity index (χ4n) is 5.13. The number of ether oxygens (including phenoxy) is 2. The van der Waals surface area contributed by atoms with Gasteiger partial charge < -0.3 is 19.1 Å². The Labute approximate surface area is 248 Å². The highest BCUT2D eigenvalue weighted by Crippen LogP contribution is 2.29. The highest BCUT2D eigenvalue weighted by Gasteiger charge is 2.24. The van der Waals surface area contributed by atoms with Crippen molar-refractivity contribution in [3.05, 3.63) is 106 Å². The summed E-state index contributed by atoms with van der Waals surface area (Å²) in [5.74, 6) is -1.54. The smallest absolute Gasteiger partial charge is 0.335 e. The number of nitrogens with zero attached hydrogens (tertiary/aromatic N) is 4. The molecule has 1 N–H and O–H groups in total. The zero-order valence-corrected chi connectivity index (χ0v) is 23.5. The molecular weight excluding hydrogens is 574 g/mol. The summed E-state index contributed by atoms with van der Waals surface area (Å²) in [4.78, 5) is 25.2. The summed E-state index contributed by atoms with van der Waals surface area (Å²) in [6, 6.07) is 19.7. The van der Waals surface area contributed by atoms with Gasteiger partial charge in [0.2, 0.25) is 5.88 Å². The number of pyridine rings is 1. The molecule has 8 nitrogen and oxygen atoms in total. The van der Waals surface area contributed by atoms with Crippen LogP contribution in [0.1, 0.15) is 33.2 Å². The molecule has 0 saturated carbocycles. The molecule has 0 aliphatic carbocycles. The Bertz CT molecular complexity index is 1970. The van der Waals surface area contributed by atoms with E-state index in [9.17, 15) is 9.90 Å². The van der Waals surface area contributed by atoms with E-state index in [0.717, 1.165) is 33.8 Å². The molecule has 1 fully saturated rings. The van der Waals surface area contributed by atoms with Gasteiger partial charge in [-0.3, -0.25) is 0 Å². The van der Waals surface area contributed by atoms with Crippen molar-refractivity contribution in [2.45, 2.75) is 32.1 Å². The standard InChI is InChI=1S/C32H24F2N4O4S/c33-22-15-21(24-5-3-7-30(36-24)42-17-31-37-26-4-1-2-6-28(26)43-31)23(34)12-19(22)14-29-35-25-9-8-18(32(39)40)13-27(25)38(29)16-20-10-11-41-20/h1-9,12-13,15,20H,10-11,14,16-17H2,(H,39,40). The second-order valence-corrected chi connectivity index (χ2v) is 11.4. The minimum absolute atomic E-state index is 0.00554. The van der Waals surface area contributed by atoms with Gasteiger partial charge in [-0.15, -0.1) is 11.3 Å². The molecule has 0 amide bonds. The third-order valence-corrected chi connectivity index (χ3v) is 8.43. The summed E-state index contributed by atoms with van der Waals surface area (Å²) in [7, 11) is 0. The number of aromatic nitrogens is 4. The molecular formula is C32H24F2N4O4S. The number of halogens is 2. The predicted octanol–water partition coefficient (Wildman–Crippen LogP) is 6.64. The minimum atomic E-state index is -1.06. The van der Waals surface area contributed by atoms with E-state index in [-0.39, 0.29) is 47.4 Å². The van der Waals surface area contributed by atoms with Crippen molar-refractivity contribution in [2.75, 3.05) is 6.61 Å². The van der Waals surface area contributed by atoms with Crippen LogP contribution in [0.15, 0.2) is 72.8 Å². The van der Waals surface area contributed by atoms with E-state index in [1.165, 1.54) is 17.4 Å². The van der Waals surface area contributed by atoms with Crippen LogP contribution in [0.25, 0.3) is 32.5 Å². The first kappa shape index (κ1) is 27.1. The topological polar surface area (TPSA) is 99.4 Å². The third kappa shape index (κ3) is 5.44. The number of aromatic carboxylic acids is 1. The van der Waals surface area contributed by atoms with Crippen LogP contribution in [-0.4, -0.2) is 43.3 Å². The molecule has 6 aromatic rings. The fourth-order valence-corrected chi connectivity index (χ4v) is 6.01. The Balaban J connectivity index is 1.15. The number of hydrogen-bond donors (Lipinski definition) is 1. The average molecular weight is 599 g/mol. The van der Waals surface area contributed by atoms with Crippen molar-refractivity contribution >= 4 is 38.6 Å². The van der Waals surface area contributed by atoms with Crippen LogP contribution in [-0.2, 0) is 24.3 Å². The normalized spacial score (nSPS) is 14.7. The molecule has 216 valence electrons. The maximum atomic E-state index is 15.5. The second-order valence-electron chi connectivity index (χ2n) is 10.3. The molecule has 3 aromatic carbocycles. The Morgan fingerprint density at radius 1 is 1.00 bits per heavy atom. The lowest BCUT2D eigenvalue weighted by atomic mass is 10.0. The summed E-state index contributed by atoms with van der Waals surface area (Å²) in [5.41, 5.74) is 2.56. The van der Waals surface area contributed by atoms with Gasteiger partial charge in [-0.25, -0.2) is 28.5 Å². The molecule has 1 atom stereocenters. The van der Waals surface area contributed by atoms with Crippen molar-refractivity contribution in [1.29, 1.82) is 0 Å². The minimum Gasteiger partial charge on any atom is -0.478 e. The number of rotatable bonds is 9. The van der Waals surface area contributed by atoms with Crippen LogP contribution in [0, 0.1) is 11.6 Å². The molecule has 43 heavy (non-hydrogen) atoms. The van der Waals surface area contributed by atoms with E-state index >= 15 is 8.78 Å². The van der Waals surface area contributed by atoms with Gasteiger partial charge in [0.1, 0.15) is 29.1 Å². The number of fused-ring (bicyclic) bond motifs is 2. The lowest BCUT2D eigenvalue weighted by Crippen LogP contribution is -2.31. The SMILES string of the molecule is O=C(O)c1ccc2nc(Cc3cc(F)c(-c4cccc(OCc5nc6ccccc6s5)n4)cc3F)n(CC3CCO3)c2c1. The first-order valence-electron chi connectivity index (χ1n) is 13.7. The average Bonchev–Trinajstić information content (AvgIpc) is 3.55. The van der Waals surface area contributed by atoms with Gasteiger partial charge in [0.05, 0.1) is 45.2 Å². The van der Waals surface area contributed by atoms with Gasteiger partial charge in [-0.2, -0.15) is 0 Å². The summed E-state index contributed by atoms with van der Waals surface area (Å²) < 4.78 is 45.3. The van der Waals surface area contributed by atoms with Gasteiger partial charge in [-0.1, -0.05) is 18.2 Å². The monoisotopic (exact) mass is 598 g/mol. The molecule has 1 aliphatic rings. The predicted molar refractivity (Wildman–Crippen MR) is 157 cm³/mol. The highest BCUT2D eigenvalue weighted by molar-refractivity contribution is 7.18. The van der Waals surface area contributed by atoms with E-state index in [2.05, 4.69) is 15.0 Å². The summed E-state index contributed by atoms with van der Waals surface area (Å²) >= 11 is 1.52. The number of benzene rings is 3. The molecule has 4 heterocycles. The van der Waals surface area contributed by atoms with E-state index in [1.807, 2.05) is 28.8 Å². The van der Waals surface area contributed by atoms with Crippen molar-refractivity contribution < 1.29 is 28.2 Å². The number of carboxylic acids is 1. The molecule has 1 unspecified atom stereocenters. The summed E-state index contributed by atoms with van der Waals surface area (Å²) in [6.45, 7) is 1.29. The van der Waals surface area contributed by atoms with E-state index < -0.39 is 17.6 Å². The zero-order chi connectivity index (χ0) is 29.5. The van der Waals surface area contributed by atoms with E-state index in [4.69, 9.17) is 9.47 Å². The lowest BCUT2D eigenvalue weighted by Gasteiger charge is -2.27. The summed E-state index contributed by atoms with van der Waals surface area (Å²) in [5, 5.41) is 10.3. The summed E-state index contributed by atoms with van der Waals surface area (Å²) in [6.07, 6.45) is 0.806. The Morgan fingerprint density at radius 3 is 2.65 bits per heavy atom. The van der Waals surface area contributed by atoms with Gasteiger partial charge in [-0.05, 0) is 60.5 Å². The van der Waals surface area contributed by atoms with Crippen molar-refractivity contribution in [3.63, 3.8) is 0 Å². The number of carbonyl (C=O) groups is 1. The second kappa shape index (κ2) is 11.2. The van der Waals surface area contributed by atoms with Crippen LogP contribution in [0.3, 0.4) is 0 Å². The molecule has 11 heteroatoms. The van der Waals surface area contributed by atoms with Gasteiger partial charge in [0.15, 0.2) is 0 Å². The van der Waals surface area contributed by atoms with Crippen molar-refractivity contribution in [2.24, 2.45) is 0 Å². The first-order valence-corrected chi connectivity index (χ1v) is 14.5. The molecule has 1 saturated heterocycles. The number of para-hydroxylation sites is 1. The molecule has 0 radical (unpaired) electrons. The van der Waals surface area contributed by atoms with Crippen LogP contribution in [0.2, 0.25) is 0 Å². The van der Waals surface area contributed by atoms with Crippen LogP contribution < -0.4 is 4.74 Å². The maximum Gasteiger partial charge on any atom is 0.335 e. The quantitative estimate of drug-likeness (QED) is 0.199. The number of carboxylic acid groups (broad SMARTS) is 1. The van der Waals surface area contributed by atoms with E-state index in [0.29, 0.717) is 30.0 Å². The van der Waals surface area contributed by atoms with Crippen molar-refractivity contribution in [1.82, 2.24) is 19.5 Å². The maximum absolute atomic E-state index is 15.5. The Hall–Kier alpha value is -4.74. The molecule has 0 bridgehead atoms. The lowest BCUT2D eigenvalue weighted by molar-refractivity contribution is -0.0589. The van der Waals surface area contributed by atoms with Crippen LogP contribution in [0.4, 0.5) is 8.78 Å². The van der Waals surface area contributed by atoms with Gasteiger partial charge >= 0.3 is 5.97 Å². The van der Waals surface area contributed by atoms with Crippen molar-refractivity contribution in [3.8, 4) is 17.1 Å². The highest BCUT2D eigenvalue weighted by atomic mass is 32.1. The first-order chi connectivity index (χ1) is 20.9.